The van der Waals surface area contributed by atoms with Crippen molar-refractivity contribution in [2.45, 2.75) is 17.2 Å². The Balaban J connectivity index is 2.13. The number of ether oxygens (including phenoxy) is 1. The monoisotopic (exact) mass is 310 g/mol. The van der Waals surface area contributed by atoms with E-state index >= 15 is 0 Å². The number of amides is 3. The highest BCUT2D eigenvalue weighted by Crippen LogP contribution is 2.32. The number of rotatable bonds is 6. The molecule has 6 nitrogen and oxygen atoms in total. The van der Waals surface area contributed by atoms with E-state index in [-0.39, 0.29) is 37.1 Å². The van der Waals surface area contributed by atoms with Gasteiger partial charge in [0.2, 0.25) is 5.91 Å². The molecule has 0 saturated carbocycles. The molecule has 1 heterocycles. The van der Waals surface area contributed by atoms with Gasteiger partial charge in [0.15, 0.2) is 0 Å². The van der Waals surface area contributed by atoms with Gasteiger partial charge in [-0.05, 0) is 12.1 Å². The molecule has 2 rings (SSSR count). The molecule has 7 heteroatoms. The molecule has 0 radical (unpaired) electrons. The number of carbonyl (C=O) groups excluding carboxylic acids is 2. The smallest absolute Gasteiger partial charge is 0.326 e. The maximum Gasteiger partial charge on any atom is 0.326 e. The molecular weight excluding hydrogens is 292 g/mol. The van der Waals surface area contributed by atoms with Gasteiger partial charge in [-0.15, -0.1) is 11.8 Å². The third-order valence-corrected chi connectivity index (χ3v) is 4.55. The molecule has 1 aromatic rings. The molecule has 2 N–H and O–H groups in total. The summed E-state index contributed by atoms with van der Waals surface area (Å²) in [7, 11) is 0. The molecule has 1 aliphatic rings. The van der Waals surface area contributed by atoms with Crippen molar-refractivity contribution in [3.05, 3.63) is 30.3 Å². The fourth-order valence-electron chi connectivity index (χ4n) is 1.97. The Morgan fingerprint density at radius 1 is 1.33 bits per heavy atom. The lowest BCUT2D eigenvalue weighted by molar-refractivity contribution is -0.127. The Morgan fingerprint density at radius 2 is 2.05 bits per heavy atom. The molecule has 2 unspecified atom stereocenters. The first-order valence-electron chi connectivity index (χ1n) is 6.65. The Kier molecular flexibility index (Phi) is 5.60. The predicted molar refractivity (Wildman–Crippen MR) is 78.5 cm³/mol. The second-order valence-electron chi connectivity index (χ2n) is 4.64. The zero-order valence-corrected chi connectivity index (χ0v) is 12.5. The Labute approximate surface area is 127 Å². The molecule has 1 aliphatic heterocycles. The summed E-state index contributed by atoms with van der Waals surface area (Å²) in [4.78, 5) is 26.3. The fraction of sp³-hybridized carbons (Fsp3) is 0.429. The van der Waals surface area contributed by atoms with Gasteiger partial charge in [-0.25, -0.2) is 4.79 Å². The molecule has 0 aliphatic carbocycles. The largest absolute Gasteiger partial charge is 0.394 e. The fourth-order valence-corrected chi connectivity index (χ4v) is 3.17. The number of carbonyl (C=O) groups is 2. The first-order valence-corrected chi connectivity index (χ1v) is 7.53. The topological polar surface area (TPSA) is 78.9 Å². The minimum Gasteiger partial charge on any atom is -0.394 e. The van der Waals surface area contributed by atoms with Crippen molar-refractivity contribution in [1.82, 2.24) is 10.2 Å². The zero-order valence-electron chi connectivity index (χ0n) is 11.7. The van der Waals surface area contributed by atoms with Crippen LogP contribution in [0, 0.1) is 5.92 Å². The number of hydrogen-bond donors (Lipinski definition) is 2. The molecule has 114 valence electrons. The number of thioether (sulfide) groups is 1. The van der Waals surface area contributed by atoms with Gasteiger partial charge >= 0.3 is 6.03 Å². The van der Waals surface area contributed by atoms with E-state index < -0.39 is 6.03 Å². The van der Waals surface area contributed by atoms with Crippen LogP contribution < -0.4 is 5.32 Å². The summed E-state index contributed by atoms with van der Waals surface area (Å²) in [6.45, 7) is 1.85. The number of aliphatic hydroxyl groups is 1. The van der Waals surface area contributed by atoms with Crippen LogP contribution in [0.4, 0.5) is 4.79 Å². The van der Waals surface area contributed by atoms with Gasteiger partial charge in [0.25, 0.3) is 0 Å². The van der Waals surface area contributed by atoms with Crippen LogP contribution >= 0.6 is 11.8 Å². The van der Waals surface area contributed by atoms with Crippen LogP contribution in [-0.2, 0) is 9.53 Å². The van der Waals surface area contributed by atoms with Gasteiger partial charge < -0.3 is 9.84 Å². The molecule has 3 amide bonds. The minimum absolute atomic E-state index is 0.0362. The third-order valence-electron chi connectivity index (χ3n) is 3.11. The van der Waals surface area contributed by atoms with E-state index in [1.807, 2.05) is 30.3 Å². The number of nitrogens with zero attached hydrogens (tertiary/aromatic N) is 1. The van der Waals surface area contributed by atoms with Gasteiger partial charge in [0, 0.05) is 4.90 Å². The van der Waals surface area contributed by atoms with Gasteiger partial charge in [0.05, 0.1) is 24.5 Å². The molecule has 1 fully saturated rings. The van der Waals surface area contributed by atoms with E-state index in [4.69, 9.17) is 9.84 Å². The second kappa shape index (κ2) is 7.44. The number of hydrogen-bond acceptors (Lipinski definition) is 5. The zero-order chi connectivity index (χ0) is 15.2. The molecule has 21 heavy (non-hydrogen) atoms. The van der Waals surface area contributed by atoms with Crippen molar-refractivity contribution >= 4 is 23.7 Å². The van der Waals surface area contributed by atoms with Crippen LogP contribution in [0.2, 0.25) is 0 Å². The van der Waals surface area contributed by atoms with Crippen LogP contribution in [0.25, 0.3) is 0 Å². The summed E-state index contributed by atoms with van der Waals surface area (Å²) in [5.74, 6) is -0.641. The van der Waals surface area contributed by atoms with Crippen LogP contribution in [0.5, 0.6) is 0 Å². The lowest BCUT2D eigenvalue weighted by atomic mass is 10.1. The van der Waals surface area contributed by atoms with Crippen LogP contribution in [0.3, 0.4) is 0 Å². The Morgan fingerprint density at radius 3 is 2.71 bits per heavy atom. The molecule has 0 spiro atoms. The standard InChI is InChI=1S/C14H18N2O4S/c1-10-12(18)15-14(19)16(9-20-8-7-17)13(10)21-11-5-3-2-4-6-11/h2-6,10,13,17H,7-9H2,1H3,(H,15,18,19). The predicted octanol–water partition coefficient (Wildman–Crippen LogP) is 1.26. The van der Waals surface area contributed by atoms with E-state index in [0.29, 0.717) is 0 Å². The summed E-state index contributed by atoms with van der Waals surface area (Å²) in [5.41, 5.74) is 0. The molecule has 0 aromatic heterocycles. The van der Waals surface area contributed by atoms with Crippen molar-refractivity contribution in [1.29, 1.82) is 0 Å². The number of imide groups is 1. The van der Waals surface area contributed by atoms with Gasteiger partial charge in [-0.1, -0.05) is 25.1 Å². The number of nitrogens with one attached hydrogen (secondary N) is 1. The Hall–Kier alpha value is -1.57. The van der Waals surface area contributed by atoms with Crippen molar-refractivity contribution in [2.75, 3.05) is 19.9 Å². The highest BCUT2D eigenvalue weighted by atomic mass is 32.2. The number of aliphatic hydroxyl groups excluding tert-OH is 1. The van der Waals surface area contributed by atoms with Crippen molar-refractivity contribution in [2.24, 2.45) is 5.92 Å². The molecular formula is C14H18N2O4S. The second-order valence-corrected chi connectivity index (χ2v) is 5.83. The number of benzene rings is 1. The first kappa shape index (κ1) is 15.8. The minimum atomic E-state index is -0.468. The summed E-state index contributed by atoms with van der Waals surface area (Å²) in [5, 5.41) is 10.7. The quantitative estimate of drug-likeness (QED) is 0.773. The van der Waals surface area contributed by atoms with Crippen LogP contribution in [-0.4, -0.2) is 47.3 Å². The normalized spacial score (nSPS) is 22.3. The van der Waals surface area contributed by atoms with Crippen molar-refractivity contribution in [3.8, 4) is 0 Å². The molecule has 0 bridgehead atoms. The SMILES string of the molecule is CC1C(=O)NC(=O)N(COCCO)C1Sc1ccccc1. The maximum absolute atomic E-state index is 12.0. The average Bonchev–Trinajstić information content (AvgIpc) is 2.49. The van der Waals surface area contributed by atoms with E-state index in [0.717, 1.165) is 4.90 Å². The van der Waals surface area contributed by atoms with Gasteiger partial charge in [-0.3, -0.25) is 15.0 Å². The summed E-state index contributed by atoms with van der Waals surface area (Å²) in [6, 6.07) is 9.12. The van der Waals surface area contributed by atoms with E-state index in [2.05, 4.69) is 5.32 Å². The van der Waals surface area contributed by atoms with E-state index in [1.54, 1.807) is 6.92 Å². The molecule has 1 saturated heterocycles. The lowest BCUT2D eigenvalue weighted by Crippen LogP contribution is -2.58. The maximum atomic E-state index is 12.0. The van der Waals surface area contributed by atoms with Crippen LogP contribution in [0.1, 0.15) is 6.92 Å². The van der Waals surface area contributed by atoms with Crippen LogP contribution in [0.15, 0.2) is 35.2 Å². The number of urea groups is 1. The molecule has 1 aromatic carbocycles. The van der Waals surface area contributed by atoms with E-state index in [1.165, 1.54) is 16.7 Å². The highest BCUT2D eigenvalue weighted by molar-refractivity contribution is 8.00. The molecule has 2 atom stereocenters. The van der Waals surface area contributed by atoms with Crippen molar-refractivity contribution < 1.29 is 19.4 Å². The lowest BCUT2D eigenvalue weighted by Gasteiger charge is -2.38. The summed E-state index contributed by atoms with van der Waals surface area (Å²) < 4.78 is 5.23. The first-order chi connectivity index (χ1) is 10.1. The summed E-state index contributed by atoms with van der Waals surface area (Å²) in [6.07, 6.45) is 0. The van der Waals surface area contributed by atoms with Crippen molar-refractivity contribution in [3.63, 3.8) is 0 Å². The van der Waals surface area contributed by atoms with Gasteiger partial charge in [0.1, 0.15) is 6.73 Å². The Bertz CT molecular complexity index is 497. The third kappa shape index (κ3) is 3.96. The average molecular weight is 310 g/mol. The van der Waals surface area contributed by atoms with Gasteiger partial charge in [-0.2, -0.15) is 0 Å². The van der Waals surface area contributed by atoms with E-state index in [9.17, 15) is 9.59 Å². The summed E-state index contributed by atoms with van der Waals surface area (Å²) >= 11 is 1.45. The highest BCUT2D eigenvalue weighted by Gasteiger charge is 2.39.